The fourth-order valence-corrected chi connectivity index (χ4v) is 2.81. The normalized spacial score (nSPS) is 28.1. The number of amides is 1. The van der Waals surface area contributed by atoms with Gasteiger partial charge in [-0.1, -0.05) is 13.8 Å². The van der Waals surface area contributed by atoms with Gasteiger partial charge in [-0.2, -0.15) is 4.37 Å². The predicted octanol–water partition coefficient (Wildman–Crippen LogP) is -1.67. The maximum absolute atomic E-state index is 11.7. The first-order chi connectivity index (χ1) is 11.2. The zero-order valence-electron chi connectivity index (χ0n) is 13.2. The Balaban J connectivity index is 1.99. The standard InChI is InChI=1S/C13H20N4O6S/c1-4(2)6(14)13(21)22-3-5-7(18)8(19)9(23-5)12-16-11(10(15)20)17-24-12/h4-9,18-19H,3,14H2,1-2H3,(H2,15,20)/t5-,6+,7-,8-,9-/m1/s1. The van der Waals surface area contributed by atoms with Crippen LogP contribution in [0.3, 0.4) is 0 Å². The maximum atomic E-state index is 11.7. The molecule has 1 fully saturated rings. The van der Waals surface area contributed by atoms with Crippen LogP contribution in [0.5, 0.6) is 0 Å². The number of primary amides is 1. The zero-order chi connectivity index (χ0) is 18.0. The second-order valence-corrected chi connectivity index (χ2v) is 6.58. The van der Waals surface area contributed by atoms with Crippen LogP contribution in [0.4, 0.5) is 0 Å². The lowest BCUT2D eigenvalue weighted by atomic mass is 10.1. The predicted molar refractivity (Wildman–Crippen MR) is 81.8 cm³/mol. The molecule has 11 heteroatoms. The van der Waals surface area contributed by atoms with E-state index in [0.29, 0.717) is 0 Å². The van der Waals surface area contributed by atoms with Gasteiger partial charge in [0, 0.05) is 0 Å². The minimum Gasteiger partial charge on any atom is -0.462 e. The summed E-state index contributed by atoms with van der Waals surface area (Å²) in [4.78, 5) is 26.6. The fourth-order valence-electron chi connectivity index (χ4n) is 2.07. The van der Waals surface area contributed by atoms with Crippen LogP contribution in [0.2, 0.25) is 0 Å². The molecule has 24 heavy (non-hydrogen) atoms. The van der Waals surface area contributed by atoms with E-state index in [2.05, 4.69) is 9.36 Å². The van der Waals surface area contributed by atoms with Gasteiger partial charge in [-0.05, 0) is 17.5 Å². The molecule has 0 unspecified atom stereocenters. The van der Waals surface area contributed by atoms with Gasteiger partial charge in [-0.3, -0.25) is 9.59 Å². The lowest BCUT2D eigenvalue weighted by Gasteiger charge is -2.18. The second kappa shape index (κ2) is 7.49. The van der Waals surface area contributed by atoms with E-state index in [1.807, 2.05) is 0 Å². The van der Waals surface area contributed by atoms with E-state index in [9.17, 15) is 19.8 Å². The number of nitrogens with zero attached hydrogens (tertiary/aromatic N) is 2. The summed E-state index contributed by atoms with van der Waals surface area (Å²) in [5.41, 5.74) is 10.7. The van der Waals surface area contributed by atoms with Crippen LogP contribution >= 0.6 is 11.5 Å². The molecule has 1 saturated heterocycles. The van der Waals surface area contributed by atoms with Gasteiger partial charge in [-0.25, -0.2) is 4.98 Å². The van der Waals surface area contributed by atoms with Crippen LogP contribution in [0, 0.1) is 5.92 Å². The molecule has 1 aliphatic rings. The number of rotatable bonds is 6. The van der Waals surface area contributed by atoms with Crippen molar-refractivity contribution in [2.45, 2.75) is 44.3 Å². The van der Waals surface area contributed by atoms with Crippen molar-refractivity contribution in [3.05, 3.63) is 10.8 Å². The Morgan fingerprint density at radius 3 is 2.58 bits per heavy atom. The monoisotopic (exact) mass is 360 g/mol. The van der Waals surface area contributed by atoms with Crippen molar-refractivity contribution in [1.29, 1.82) is 0 Å². The fraction of sp³-hybridized carbons (Fsp3) is 0.692. The molecule has 1 aliphatic heterocycles. The molecule has 134 valence electrons. The summed E-state index contributed by atoms with van der Waals surface area (Å²) in [6.07, 6.45) is -4.54. The van der Waals surface area contributed by atoms with Crippen LogP contribution in [0.15, 0.2) is 0 Å². The van der Waals surface area contributed by atoms with Crippen LogP contribution < -0.4 is 11.5 Å². The molecular formula is C13H20N4O6S. The first kappa shape index (κ1) is 18.7. The van der Waals surface area contributed by atoms with Crippen LogP contribution in [-0.2, 0) is 14.3 Å². The smallest absolute Gasteiger partial charge is 0.323 e. The van der Waals surface area contributed by atoms with E-state index in [1.54, 1.807) is 13.8 Å². The average Bonchev–Trinajstić information content (AvgIpc) is 3.11. The molecule has 2 heterocycles. The van der Waals surface area contributed by atoms with Crippen molar-refractivity contribution in [2.75, 3.05) is 6.61 Å². The number of hydrogen-bond donors (Lipinski definition) is 4. The first-order valence-corrected chi connectivity index (χ1v) is 8.07. The lowest BCUT2D eigenvalue weighted by molar-refractivity contribution is -0.151. The van der Waals surface area contributed by atoms with Gasteiger partial charge in [0.1, 0.15) is 42.1 Å². The molecule has 6 N–H and O–H groups in total. The van der Waals surface area contributed by atoms with Crippen molar-refractivity contribution in [3.8, 4) is 0 Å². The van der Waals surface area contributed by atoms with E-state index in [1.165, 1.54) is 0 Å². The molecule has 0 aromatic carbocycles. The van der Waals surface area contributed by atoms with E-state index >= 15 is 0 Å². The summed E-state index contributed by atoms with van der Waals surface area (Å²) in [5.74, 6) is -1.72. The van der Waals surface area contributed by atoms with E-state index in [0.717, 1.165) is 11.5 Å². The molecule has 0 aliphatic carbocycles. The van der Waals surface area contributed by atoms with Crippen molar-refractivity contribution in [2.24, 2.45) is 17.4 Å². The molecular weight excluding hydrogens is 340 g/mol. The Kier molecular flexibility index (Phi) is 5.83. The Morgan fingerprint density at radius 1 is 1.38 bits per heavy atom. The highest BCUT2D eigenvalue weighted by Gasteiger charge is 2.45. The first-order valence-electron chi connectivity index (χ1n) is 7.29. The summed E-state index contributed by atoms with van der Waals surface area (Å²) in [5, 5.41) is 20.3. The summed E-state index contributed by atoms with van der Waals surface area (Å²) in [6, 6.07) is -0.787. The molecule has 1 amide bonds. The van der Waals surface area contributed by atoms with E-state index < -0.39 is 42.3 Å². The highest BCUT2D eigenvalue weighted by Crippen LogP contribution is 2.34. The number of ether oxygens (including phenoxy) is 2. The number of carbonyl (C=O) groups excluding carboxylic acids is 2. The number of aliphatic hydroxyl groups is 2. The molecule has 5 atom stereocenters. The number of aliphatic hydroxyl groups excluding tert-OH is 2. The van der Waals surface area contributed by atoms with Gasteiger partial charge in [0.25, 0.3) is 5.91 Å². The maximum Gasteiger partial charge on any atom is 0.323 e. The molecule has 1 aromatic rings. The number of carbonyl (C=O) groups is 2. The third-order valence-electron chi connectivity index (χ3n) is 3.65. The van der Waals surface area contributed by atoms with Crippen molar-refractivity contribution in [3.63, 3.8) is 0 Å². The Hall–Kier alpha value is -1.66. The van der Waals surface area contributed by atoms with Crippen LogP contribution in [-0.4, -0.2) is 62.4 Å². The molecule has 0 bridgehead atoms. The largest absolute Gasteiger partial charge is 0.462 e. The number of hydrogen-bond acceptors (Lipinski definition) is 10. The number of aromatic nitrogens is 2. The molecule has 1 aromatic heterocycles. The van der Waals surface area contributed by atoms with Gasteiger partial charge >= 0.3 is 5.97 Å². The van der Waals surface area contributed by atoms with Crippen molar-refractivity contribution in [1.82, 2.24) is 9.36 Å². The van der Waals surface area contributed by atoms with Crippen molar-refractivity contribution < 1.29 is 29.3 Å². The zero-order valence-corrected chi connectivity index (χ0v) is 14.0. The molecule has 2 rings (SSSR count). The highest BCUT2D eigenvalue weighted by atomic mass is 32.1. The highest BCUT2D eigenvalue weighted by molar-refractivity contribution is 7.05. The summed E-state index contributed by atoms with van der Waals surface area (Å²) in [7, 11) is 0. The quantitative estimate of drug-likeness (QED) is 0.433. The van der Waals surface area contributed by atoms with E-state index in [-0.39, 0.29) is 23.4 Å². The Morgan fingerprint density at radius 2 is 2.04 bits per heavy atom. The van der Waals surface area contributed by atoms with Crippen LogP contribution in [0.1, 0.15) is 35.6 Å². The molecule has 10 nitrogen and oxygen atoms in total. The van der Waals surface area contributed by atoms with Gasteiger partial charge in [-0.15, -0.1) is 0 Å². The third-order valence-corrected chi connectivity index (χ3v) is 4.42. The molecule has 0 spiro atoms. The Labute approximate surface area is 141 Å². The Bertz CT molecular complexity index is 609. The lowest BCUT2D eigenvalue weighted by Crippen LogP contribution is -2.40. The van der Waals surface area contributed by atoms with Gasteiger partial charge in [0.05, 0.1) is 0 Å². The van der Waals surface area contributed by atoms with Gasteiger partial charge in [0.15, 0.2) is 0 Å². The summed E-state index contributed by atoms with van der Waals surface area (Å²) < 4.78 is 14.3. The molecule has 0 radical (unpaired) electrons. The van der Waals surface area contributed by atoms with Crippen molar-refractivity contribution >= 4 is 23.4 Å². The summed E-state index contributed by atoms with van der Waals surface area (Å²) >= 11 is 0.830. The minimum absolute atomic E-state index is 0.0983. The van der Waals surface area contributed by atoms with Crippen LogP contribution in [0.25, 0.3) is 0 Å². The number of esters is 1. The second-order valence-electron chi connectivity index (χ2n) is 5.80. The summed E-state index contributed by atoms with van der Waals surface area (Å²) in [6.45, 7) is 3.28. The van der Waals surface area contributed by atoms with Gasteiger partial charge < -0.3 is 31.2 Å². The van der Waals surface area contributed by atoms with E-state index in [4.69, 9.17) is 20.9 Å². The number of nitrogens with two attached hydrogens (primary N) is 2. The topological polar surface area (TPSA) is 171 Å². The van der Waals surface area contributed by atoms with Gasteiger partial charge in [0.2, 0.25) is 5.82 Å². The molecule has 0 saturated carbocycles. The third kappa shape index (κ3) is 3.87. The SMILES string of the molecule is CC(C)[C@H](N)C(=O)OC[C@H]1O[C@@H](c2nc(C(N)=O)ns2)[C@H](O)[C@@H]1O. The average molecular weight is 360 g/mol. The minimum atomic E-state index is -1.30.